The summed E-state index contributed by atoms with van der Waals surface area (Å²) in [4.78, 5) is 23.7. The fraction of sp³-hybridized carbons (Fsp3) is 0.529. The summed E-state index contributed by atoms with van der Waals surface area (Å²) < 4.78 is 11.1. The van der Waals surface area contributed by atoms with Crippen molar-refractivity contribution in [2.45, 2.75) is 38.5 Å². The highest BCUT2D eigenvalue weighted by atomic mass is 16.7. The summed E-state index contributed by atoms with van der Waals surface area (Å²) in [6, 6.07) is 8.54. The minimum Gasteiger partial charge on any atom is -0.353 e. The predicted octanol–water partition coefficient (Wildman–Crippen LogP) is 1.96. The quantitative estimate of drug-likeness (QED) is 0.744. The van der Waals surface area contributed by atoms with Gasteiger partial charge in [0.05, 0.1) is 19.2 Å². The molecule has 2 atom stereocenters. The average molecular weight is 305 g/mol. The van der Waals surface area contributed by atoms with Crippen LogP contribution in [-0.2, 0) is 14.3 Å². The van der Waals surface area contributed by atoms with Crippen LogP contribution in [0.2, 0.25) is 0 Å². The largest absolute Gasteiger partial charge is 0.353 e. The molecule has 0 saturated carbocycles. The number of benzene rings is 1. The fourth-order valence-electron chi connectivity index (χ4n) is 2.31. The molecular formula is C17H23NO4. The first-order valence-electron chi connectivity index (χ1n) is 7.72. The van der Waals surface area contributed by atoms with Crippen molar-refractivity contribution in [2.24, 2.45) is 0 Å². The second-order valence-corrected chi connectivity index (χ2v) is 5.46. The molecule has 1 aromatic carbocycles. The number of Topliss-reactive ketones (excluding diaryl/α,β-unsaturated/α-hetero) is 2. The highest BCUT2D eigenvalue weighted by Gasteiger charge is 2.20. The standard InChI is InChI=1S/C17H23NO4/c1-13(19)15(12-22-17-9-5-6-10-21-17)18-11-16(20)14-7-3-2-4-8-14/h2-4,7-8,15,17-18H,5-6,9-12H2,1H3. The van der Waals surface area contributed by atoms with E-state index in [1.165, 1.54) is 6.92 Å². The Morgan fingerprint density at radius 2 is 2.09 bits per heavy atom. The van der Waals surface area contributed by atoms with Gasteiger partial charge in [-0.05, 0) is 26.2 Å². The Labute approximate surface area is 131 Å². The number of nitrogens with one attached hydrogen (secondary N) is 1. The van der Waals surface area contributed by atoms with E-state index in [4.69, 9.17) is 9.47 Å². The highest BCUT2D eigenvalue weighted by Crippen LogP contribution is 2.13. The zero-order valence-corrected chi connectivity index (χ0v) is 12.9. The van der Waals surface area contributed by atoms with E-state index in [2.05, 4.69) is 5.32 Å². The summed E-state index contributed by atoms with van der Waals surface area (Å²) in [5, 5.41) is 2.98. The molecule has 1 heterocycles. The van der Waals surface area contributed by atoms with Crippen LogP contribution >= 0.6 is 0 Å². The van der Waals surface area contributed by atoms with E-state index in [9.17, 15) is 9.59 Å². The summed E-state index contributed by atoms with van der Waals surface area (Å²) in [6.45, 7) is 2.54. The van der Waals surface area contributed by atoms with Crippen LogP contribution < -0.4 is 5.32 Å². The van der Waals surface area contributed by atoms with Crippen LogP contribution in [0.15, 0.2) is 30.3 Å². The summed E-state index contributed by atoms with van der Waals surface area (Å²) in [5.41, 5.74) is 0.633. The second-order valence-electron chi connectivity index (χ2n) is 5.46. The lowest BCUT2D eigenvalue weighted by Gasteiger charge is -2.25. The molecule has 1 saturated heterocycles. The number of rotatable bonds is 8. The van der Waals surface area contributed by atoms with Crippen molar-refractivity contribution < 1.29 is 19.1 Å². The van der Waals surface area contributed by atoms with Crippen LogP contribution in [0.25, 0.3) is 0 Å². The lowest BCUT2D eigenvalue weighted by Crippen LogP contribution is -2.43. The van der Waals surface area contributed by atoms with Gasteiger partial charge in [0.25, 0.3) is 0 Å². The first-order valence-corrected chi connectivity index (χ1v) is 7.72. The van der Waals surface area contributed by atoms with Gasteiger partial charge in [0.2, 0.25) is 0 Å². The molecule has 2 unspecified atom stereocenters. The first kappa shape index (κ1) is 16.8. The molecule has 0 aliphatic carbocycles. The van der Waals surface area contributed by atoms with Crippen molar-refractivity contribution >= 4 is 11.6 Å². The maximum absolute atomic E-state index is 12.0. The molecule has 0 spiro atoms. The Kier molecular flexibility index (Phi) is 6.71. The van der Waals surface area contributed by atoms with E-state index in [0.29, 0.717) is 12.2 Å². The van der Waals surface area contributed by atoms with Crippen molar-refractivity contribution in [3.63, 3.8) is 0 Å². The molecule has 0 radical (unpaired) electrons. The zero-order chi connectivity index (χ0) is 15.8. The lowest BCUT2D eigenvalue weighted by atomic mass is 10.1. The summed E-state index contributed by atoms with van der Waals surface area (Å²) in [7, 11) is 0. The van der Waals surface area contributed by atoms with E-state index in [1.807, 2.05) is 18.2 Å². The van der Waals surface area contributed by atoms with Crippen molar-refractivity contribution in [3.8, 4) is 0 Å². The van der Waals surface area contributed by atoms with E-state index in [1.54, 1.807) is 12.1 Å². The molecule has 1 N–H and O–H groups in total. The van der Waals surface area contributed by atoms with E-state index in [0.717, 1.165) is 19.3 Å². The van der Waals surface area contributed by atoms with Crippen LogP contribution in [-0.4, -0.2) is 43.7 Å². The van der Waals surface area contributed by atoms with Gasteiger partial charge in [-0.15, -0.1) is 0 Å². The van der Waals surface area contributed by atoms with Gasteiger partial charge in [0.15, 0.2) is 12.1 Å². The summed E-state index contributed by atoms with van der Waals surface area (Å²) in [6.07, 6.45) is 2.75. The molecule has 22 heavy (non-hydrogen) atoms. The third kappa shape index (κ3) is 5.33. The molecule has 1 aliphatic rings. The molecule has 1 fully saturated rings. The molecule has 1 aromatic rings. The normalized spacial score (nSPS) is 19.6. The van der Waals surface area contributed by atoms with Gasteiger partial charge in [-0.3, -0.25) is 14.9 Å². The van der Waals surface area contributed by atoms with Crippen LogP contribution in [0, 0.1) is 0 Å². The van der Waals surface area contributed by atoms with Crippen molar-refractivity contribution in [3.05, 3.63) is 35.9 Å². The summed E-state index contributed by atoms with van der Waals surface area (Å²) in [5.74, 6) is -0.0857. The van der Waals surface area contributed by atoms with E-state index >= 15 is 0 Å². The molecule has 0 bridgehead atoms. The molecule has 0 aromatic heterocycles. The van der Waals surface area contributed by atoms with E-state index in [-0.39, 0.29) is 31.0 Å². The van der Waals surface area contributed by atoms with Crippen molar-refractivity contribution in [1.29, 1.82) is 0 Å². The monoisotopic (exact) mass is 305 g/mol. The Morgan fingerprint density at radius 1 is 1.32 bits per heavy atom. The van der Waals surface area contributed by atoms with Crippen LogP contribution in [0.3, 0.4) is 0 Å². The molecule has 0 amide bonds. The van der Waals surface area contributed by atoms with Gasteiger partial charge >= 0.3 is 0 Å². The molecule has 5 nitrogen and oxygen atoms in total. The Bertz CT molecular complexity index is 483. The van der Waals surface area contributed by atoms with Gasteiger partial charge in [0.1, 0.15) is 5.78 Å². The topological polar surface area (TPSA) is 64.6 Å². The average Bonchev–Trinajstić information content (AvgIpc) is 2.56. The maximum Gasteiger partial charge on any atom is 0.176 e. The van der Waals surface area contributed by atoms with Gasteiger partial charge in [0, 0.05) is 12.2 Å². The number of ether oxygens (including phenoxy) is 2. The SMILES string of the molecule is CC(=O)C(COC1CCCCO1)NCC(=O)c1ccccc1. The first-order chi connectivity index (χ1) is 10.7. The van der Waals surface area contributed by atoms with Crippen LogP contribution in [0.1, 0.15) is 36.5 Å². The zero-order valence-electron chi connectivity index (χ0n) is 12.9. The number of carbonyl (C=O) groups excluding carboxylic acids is 2. The third-order valence-corrected chi connectivity index (χ3v) is 3.68. The van der Waals surface area contributed by atoms with Crippen molar-refractivity contribution in [2.75, 3.05) is 19.8 Å². The van der Waals surface area contributed by atoms with E-state index < -0.39 is 6.04 Å². The maximum atomic E-state index is 12.0. The molecule has 1 aliphatic heterocycles. The number of hydrogen-bond donors (Lipinski definition) is 1. The number of hydrogen-bond acceptors (Lipinski definition) is 5. The minimum absolute atomic E-state index is 0.0410. The van der Waals surface area contributed by atoms with Crippen LogP contribution in [0.4, 0.5) is 0 Å². The number of ketones is 2. The Morgan fingerprint density at radius 3 is 2.73 bits per heavy atom. The van der Waals surface area contributed by atoms with Gasteiger partial charge in [-0.25, -0.2) is 0 Å². The second kappa shape index (κ2) is 8.78. The Balaban J connectivity index is 1.78. The molecule has 5 heteroatoms. The molecule has 120 valence electrons. The third-order valence-electron chi connectivity index (χ3n) is 3.68. The fourth-order valence-corrected chi connectivity index (χ4v) is 2.31. The van der Waals surface area contributed by atoms with Crippen LogP contribution in [0.5, 0.6) is 0 Å². The minimum atomic E-state index is -0.488. The Hall–Kier alpha value is -1.56. The predicted molar refractivity (Wildman–Crippen MR) is 82.8 cm³/mol. The van der Waals surface area contributed by atoms with Gasteiger partial charge in [-0.2, -0.15) is 0 Å². The summed E-state index contributed by atoms with van der Waals surface area (Å²) >= 11 is 0. The van der Waals surface area contributed by atoms with Gasteiger partial charge in [-0.1, -0.05) is 30.3 Å². The lowest BCUT2D eigenvalue weighted by molar-refractivity contribution is -0.167. The number of carbonyl (C=O) groups is 2. The molecule has 2 rings (SSSR count). The van der Waals surface area contributed by atoms with Crippen molar-refractivity contribution in [1.82, 2.24) is 5.32 Å². The molecular weight excluding hydrogens is 282 g/mol. The van der Waals surface area contributed by atoms with Gasteiger partial charge < -0.3 is 9.47 Å². The highest BCUT2D eigenvalue weighted by molar-refractivity contribution is 5.97. The smallest absolute Gasteiger partial charge is 0.176 e.